The number of hydrogen-bond acceptors (Lipinski definition) is 4. The van der Waals surface area contributed by atoms with E-state index in [1.807, 2.05) is 6.92 Å². The van der Waals surface area contributed by atoms with Gasteiger partial charge in [-0.15, -0.1) is 0 Å². The number of nitrogens with zero attached hydrogens (tertiary/aromatic N) is 1. The van der Waals surface area contributed by atoms with E-state index in [1.165, 1.54) is 6.07 Å². The van der Waals surface area contributed by atoms with Crippen molar-refractivity contribution in [1.29, 1.82) is 0 Å². The molecule has 0 fully saturated rings. The fraction of sp³-hybridized carbons (Fsp3) is 0.238. The molecule has 28 heavy (non-hydrogen) atoms. The number of amides is 1. The van der Waals surface area contributed by atoms with Crippen LogP contribution < -0.4 is 10.1 Å². The molecule has 1 heterocycles. The summed E-state index contributed by atoms with van der Waals surface area (Å²) in [5, 5.41) is 6.59. The number of ether oxygens (including phenoxy) is 1. The smallest absolute Gasteiger partial charge is 0.255 e. The summed E-state index contributed by atoms with van der Waals surface area (Å²) in [6, 6.07) is 9.37. The second-order valence-corrected chi connectivity index (χ2v) is 6.45. The summed E-state index contributed by atoms with van der Waals surface area (Å²) in [6.07, 6.45) is 0. The number of aryl methyl sites for hydroxylation is 2. The number of halogens is 2. The SMILES string of the molecule is Cc1noc(C)c1COc1ccccc1C(=O)NC(C)c1ccc(F)cc1F. The maximum absolute atomic E-state index is 14.0. The molecular weight excluding hydrogens is 366 g/mol. The van der Waals surface area contributed by atoms with Crippen molar-refractivity contribution in [2.24, 2.45) is 0 Å². The van der Waals surface area contributed by atoms with E-state index in [4.69, 9.17) is 9.26 Å². The molecule has 146 valence electrons. The van der Waals surface area contributed by atoms with Crippen molar-refractivity contribution >= 4 is 5.91 Å². The van der Waals surface area contributed by atoms with Crippen molar-refractivity contribution in [3.63, 3.8) is 0 Å². The van der Waals surface area contributed by atoms with Crippen LogP contribution in [0, 0.1) is 25.5 Å². The van der Waals surface area contributed by atoms with Crippen molar-refractivity contribution in [3.05, 3.63) is 82.2 Å². The lowest BCUT2D eigenvalue weighted by molar-refractivity contribution is 0.0935. The molecule has 0 saturated carbocycles. The lowest BCUT2D eigenvalue weighted by Gasteiger charge is -2.17. The predicted octanol–water partition coefficient (Wildman–Crippen LogP) is 4.64. The number of hydrogen-bond donors (Lipinski definition) is 1. The van der Waals surface area contributed by atoms with Crippen LogP contribution in [0.4, 0.5) is 8.78 Å². The Hall–Kier alpha value is -3.22. The van der Waals surface area contributed by atoms with E-state index >= 15 is 0 Å². The first-order valence-electron chi connectivity index (χ1n) is 8.76. The van der Waals surface area contributed by atoms with Gasteiger partial charge in [0.15, 0.2) is 0 Å². The quantitative estimate of drug-likeness (QED) is 0.670. The van der Waals surface area contributed by atoms with Crippen LogP contribution in [-0.4, -0.2) is 11.1 Å². The zero-order valence-electron chi connectivity index (χ0n) is 15.8. The third-order valence-electron chi connectivity index (χ3n) is 4.46. The van der Waals surface area contributed by atoms with E-state index in [9.17, 15) is 13.6 Å². The normalized spacial score (nSPS) is 11.9. The number of aromatic nitrogens is 1. The third kappa shape index (κ3) is 4.19. The molecular formula is C21H20F2N2O3. The van der Waals surface area contributed by atoms with Gasteiger partial charge in [0.25, 0.3) is 5.91 Å². The number of nitrogens with one attached hydrogen (secondary N) is 1. The van der Waals surface area contributed by atoms with Gasteiger partial charge in [-0.1, -0.05) is 23.4 Å². The molecule has 1 aromatic heterocycles. The fourth-order valence-corrected chi connectivity index (χ4v) is 2.84. The Bertz CT molecular complexity index is 982. The summed E-state index contributed by atoms with van der Waals surface area (Å²) in [5.41, 5.74) is 2.05. The average Bonchev–Trinajstić information content (AvgIpc) is 2.98. The number of carbonyl (C=O) groups is 1. The van der Waals surface area contributed by atoms with Crippen molar-refractivity contribution in [3.8, 4) is 5.75 Å². The molecule has 7 heteroatoms. The molecule has 1 amide bonds. The standard InChI is InChI=1S/C21H20F2N2O3/c1-12(16-9-8-15(22)10-19(16)23)24-21(26)17-6-4-5-7-20(17)27-11-18-13(2)25-28-14(18)3/h4-10,12H,11H2,1-3H3,(H,24,26). The summed E-state index contributed by atoms with van der Waals surface area (Å²) >= 11 is 0. The van der Waals surface area contributed by atoms with E-state index in [-0.39, 0.29) is 12.2 Å². The highest BCUT2D eigenvalue weighted by atomic mass is 19.1. The molecule has 2 aromatic carbocycles. The molecule has 3 aromatic rings. The van der Waals surface area contributed by atoms with E-state index in [2.05, 4.69) is 10.5 Å². The molecule has 0 bridgehead atoms. The van der Waals surface area contributed by atoms with Crippen LogP contribution in [0.25, 0.3) is 0 Å². The summed E-state index contributed by atoms with van der Waals surface area (Å²) in [7, 11) is 0. The molecule has 0 aliphatic heterocycles. The average molecular weight is 386 g/mol. The second kappa shape index (κ2) is 8.21. The van der Waals surface area contributed by atoms with E-state index in [0.717, 1.165) is 23.4 Å². The van der Waals surface area contributed by atoms with Crippen LogP contribution in [0.1, 0.15) is 45.9 Å². The molecule has 1 N–H and O–H groups in total. The minimum Gasteiger partial charge on any atom is -0.488 e. The lowest BCUT2D eigenvalue weighted by Crippen LogP contribution is -2.27. The van der Waals surface area contributed by atoms with Gasteiger partial charge in [0, 0.05) is 11.6 Å². The first-order valence-corrected chi connectivity index (χ1v) is 8.76. The maximum atomic E-state index is 14.0. The van der Waals surface area contributed by atoms with Gasteiger partial charge in [0.1, 0.15) is 29.8 Å². The van der Waals surface area contributed by atoms with Gasteiger partial charge in [-0.25, -0.2) is 8.78 Å². The Morgan fingerprint density at radius 2 is 1.96 bits per heavy atom. The minimum absolute atomic E-state index is 0.198. The molecule has 0 aliphatic carbocycles. The van der Waals surface area contributed by atoms with Crippen LogP contribution in [-0.2, 0) is 6.61 Å². The Morgan fingerprint density at radius 3 is 2.64 bits per heavy atom. The zero-order valence-corrected chi connectivity index (χ0v) is 15.8. The van der Waals surface area contributed by atoms with E-state index in [0.29, 0.717) is 17.1 Å². The van der Waals surface area contributed by atoms with Gasteiger partial charge in [-0.2, -0.15) is 0 Å². The molecule has 1 unspecified atom stereocenters. The first-order chi connectivity index (χ1) is 13.4. The van der Waals surface area contributed by atoms with Gasteiger partial charge in [0.2, 0.25) is 0 Å². The Kier molecular flexibility index (Phi) is 5.73. The number of benzene rings is 2. The van der Waals surface area contributed by atoms with Gasteiger partial charge in [-0.3, -0.25) is 4.79 Å². The topological polar surface area (TPSA) is 64.4 Å². The third-order valence-corrected chi connectivity index (χ3v) is 4.46. The van der Waals surface area contributed by atoms with Crippen LogP contribution in [0.3, 0.4) is 0 Å². The van der Waals surface area contributed by atoms with Crippen LogP contribution in [0.2, 0.25) is 0 Å². The Balaban J connectivity index is 1.75. The monoisotopic (exact) mass is 386 g/mol. The van der Waals surface area contributed by atoms with Crippen molar-refractivity contribution in [2.75, 3.05) is 0 Å². The van der Waals surface area contributed by atoms with E-state index in [1.54, 1.807) is 38.1 Å². The van der Waals surface area contributed by atoms with Crippen molar-refractivity contribution < 1.29 is 22.8 Å². The lowest BCUT2D eigenvalue weighted by atomic mass is 10.1. The molecule has 0 aliphatic rings. The fourth-order valence-electron chi connectivity index (χ4n) is 2.84. The number of para-hydroxylation sites is 1. The summed E-state index contributed by atoms with van der Waals surface area (Å²) in [6.45, 7) is 5.43. The number of carbonyl (C=O) groups excluding carboxylic acids is 1. The molecule has 0 radical (unpaired) electrons. The highest BCUT2D eigenvalue weighted by Gasteiger charge is 2.19. The van der Waals surface area contributed by atoms with Crippen molar-refractivity contribution in [2.45, 2.75) is 33.4 Å². The summed E-state index contributed by atoms with van der Waals surface area (Å²) in [4.78, 5) is 12.7. The molecule has 0 spiro atoms. The van der Waals surface area contributed by atoms with Crippen LogP contribution >= 0.6 is 0 Å². The largest absolute Gasteiger partial charge is 0.488 e. The van der Waals surface area contributed by atoms with Gasteiger partial charge in [0.05, 0.1) is 22.9 Å². The predicted molar refractivity (Wildman–Crippen MR) is 99.0 cm³/mol. The molecule has 0 saturated heterocycles. The van der Waals surface area contributed by atoms with Crippen LogP contribution in [0.5, 0.6) is 5.75 Å². The number of rotatable bonds is 6. The second-order valence-electron chi connectivity index (χ2n) is 6.45. The molecule has 5 nitrogen and oxygen atoms in total. The molecule has 1 atom stereocenters. The van der Waals surface area contributed by atoms with Crippen LogP contribution in [0.15, 0.2) is 47.0 Å². The van der Waals surface area contributed by atoms with Gasteiger partial charge >= 0.3 is 0 Å². The minimum atomic E-state index is -0.712. The van der Waals surface area contributed by atoms with E-state index < -0.39 is 23.6 Å². The highest BCUT2D eigenvalue weighted by molar-refractivity contribution is 5.97. The van der Waals surface area contributed by atoms with Crippen molar-refractivity contribution in [1.82, 2.24) is 10.5 Å². The Labute approximate surface area is 161 Å². The zero-order chi connectivity index (χ0) is 20.3. The molecule has 3 rings (SSSR count). The summed E-state index contributed by atoms with van der Waals surface area (Å²) < 4.78 is 38.0. The Morgan fingerprint density at radius 1 is 1.21 bits per heavy atom. The maximum Gasteiger partial charge on any atom is 0.255 e. The van der Waals surface area contributed by atoms with Gasteiger partial charge < -0.3 is 14.6 Å². The van der Waals surface area contributed by atoms with Gasteiger partial charge in [-0.05, 0) is 39.0 Å². The first kappa shape index (κ1) is 19.5. The summed E-state index contributed by atoms with van der Waals surface area (Å²) in [5.74, 6) is -0.772. The highest BCUT2D eigenvalue weighted by Crippen LogP contribution is 2.23.